The van der Waals surface area contributed by atoms with Crippen LogP contribution in [-0.2, 0) is 14.3 Å². The normalized spacial score (nSPS) is 22.2. The molecule has 10 nitrogen and oxygen atoms in total. The maximum atomic E-state index is 12.1. The van der Waals surface area contributed by atoms with Gasteiger partial charge in [-0.15, -0.1) is 0 Å². The van der Waals surface area contributed by atoms with Crippen LogP contribution in [-0.4, -0.2) is 95.5 Å². The van der Waals surface area contributed by atoms with Crippen molar-refractivity contribution in [3.8, 4) is 0 Å². The molecule has 2 aliphatic heterocycles. The predicted octanol–water partition coefficient (Wildman–Crippen LogP) is -0.422. The highest BCUT2D eigenvalue weighted by molar-refractivity contribution is 5.82. The maximum Gasteiger partial charge on any atom is 0.323 e. The number of anilines is 2. The molecule has 2 saturated heterocycles. The SMILES string of the molecule is O=C(O)CN1CCCN(c2ccnc(N3CCC(O)C3)n2)CCCOCC1=O. The number of aromatic nitrogens is 2. The summed E-state index contributed by atoms with van der Waals surface area (Å²) in [6.07, 6.45) is 3.43. The second kappa shape index (κ2) is 9.65. The van der Waals surface area contributed by atoms with E-state index in [1.54, 1.807) is 6.20 Å². The van der Waals surface area contributed by atoms with Gasteiger partial charge in [-0.3, -0.25) is 9.59 Å². The second-order valence-electron chi connectivity index (χ2n) is 7.06. The summed E-state index contributed by atoms with van der Waals surface area (Å²) in [5, 5.41) is 18.8. The highest BCUT2D eigenvalue weighted by Gasteiger charge is 2.23. The number of carboxylic acids is 1. The second-order valence-corrected chi connectivity index (χ2v) is 7.06. The summed E-state index contributed by atoms with van der Waals surface area (Å²) >= 11 is 0. The van der Waals surface area contributed by atoms with Crippen molar-refractivity contribution >= 4 is 23.6 Å². The zero-order valence-corrected chi connectivity index (χ0v) is 15.9. The molecule has 1 aromatic rings. The standard InChI is InChI=1S/C18H27N5O5/c24-14-4-9-23(11-14)18-19-5-3-15(20-18)21-6-1-7-22(12-17(26)27)16(25)13-28-10-2-8-21/h3,5,14,24H,1-2,4,6-13H2,(H,26,27). The van der Waals surface area contributed by atoms with Crippen molar-refractivity contribution in [1.29, 1.82) is 0 Å². The van der Waals surface area contributed by atoms with E-state index in [4.69, 9.17) is 9.84 Å². The van der Waals surface area contributed by atoms with Gasteiger partial charge in [0.25, 0.3) is 0 Å². The molecule has 1 aromatic heterocycles. The number of aliphatic carboxylic acids is 1. The molecule has 0 aromatic carbocycles. The summed E-state index contributed by atoms with van der Waals surface area (Å²) in [6.45, 7) is 2.96. The van der Waals surface area contributed by atoms with Crippen molar-refractivity contribution in [3.05, 3.63) is 12.3 Å². The molecule has 2 aliphatic rings. The van der Waals surface area contributed by atoms with Gasteiger partial charge in [-0.1, -0.05) is 0 Å². The fourth-order valence-electron chi connectivity index (χ4n) is 3.45. The van der Waals surface area contributed by atoms with Gasteiger partial charge >= 0.3 is 5.97 Å². The van der Waals surface area contributed by atoms with E-state index >= 15 is 0 Å². The Morgan fingerprint density at radius 1 is 1.21 bits per heavy atom. The number of aliphatic hydroxyl groups excluding tert-OH is 1. The number of ether oxygens (including phenoxy) is 1. The van der Waals surface area contributed by atoms with Crippen molar-refractivity contribution < 1.29 is 24.5 Å². The first kappa shape index (κ1) is 20.3. The van der Waals surface area contributed by atoms with E-state index in [0.29, 0.717) is 51.6 Å². The number of carbonyl (C=O) groups excluding carboxylic acids is 1. The highest BCUT2D eigenvalue weighted by Crippen LogP contribution is 2.20. The number of nitrogens with zero attached hydrogens (tertiary/aromatic N) is 5. The predicted molar refractivity (Wildman–Crippen MR) is 101 cm³/mol. The number of hydrogen-bond donors (Lipinski definition) is 2. The molecule has 1 amide bonds. The molecule has 0 radical (unpaired) electrons. The average molecular weight is 393 g/mol. The van der Waals surface area contributed by atoms with E-state index < -0.39 is 5.97 Å². The minimum absolute atomic E-state index is 0.0950. The first-order valence-corrected chi connectivity index (χ1v) is 9.61. The van der Waals surface area contributed by atoms with E-state index in [-0.39, 0.29) is 25.2 Å². The Bertz CT molecular complexity index is 688. The maximum absolute atomic E-state index is 12.1. The summed E-state index contributed by atoms with van der Waals surface area (Å²) in [5.41, 5.74) is 0. The summed E-state index contributed by atoms with van der Waals surface area (Å²) < 4.78 is 5.41. The van der Waals surface area contributed by atoms with Crippen LogP contribution in [0.15, 0.2) is 12.3 Å². The summed E-state index contributed by atoms with van der Waals surface area (Å²) in [6, 6.07) is 1.84. The van der Waals surface area contributed by atoms with Crippen LogP contribution in [0.4, 0.5) is 11.8 Å². The van der Waals surface area contributed by atoms with Crippen molar-refractivity contribution in [2.75, 3.05) is 62.3 Å². The number of rotatable bonds is 4. The Labute approximate surface area is 163 Å². The van der Waals surface area contributed by atoms with Crippen LogP contribution >= 0.6 is 0 Å². The average Bonchev–Trinajstić information content (AvgIpc) is 3.09. The molecule has 1 unspecified atom stereocenters. The molecule has 0 aliphatic carbocycles. The smallest absolute Gasteiger partial charge is 0.323 e. The lowest BCUT2D eigenvalue weighted by molar-refractivity contribution is -0.146. The molecule has 28 heavy (non-hydrogen) atoms. The quantitative estimate of drug-likeness (QED) is 0.703. The van der Waals surface area contributed by atoms with E-state index in [1.807, 2.05) is 11.0 Å². The number of carbonyl (C=O) groups is 2. The van der Waals surface area contributed by atoms with Crippen LogP contribution < -0.4 is 9.80 Å². The summed E-state index contributed by atoms with van der Waals surface area (Å²) in [4.78, 5) is 37.5. The summed E-state index contributed by atoms with van der Waals surface area (Å²) in [7, 11) is 0. The first-order valence-electron chi connectivity index (χ1n) is 9.61. The van der Waals surface area contributed by atoms with Crippen LogP contribution in [0.2, 0.25) is 0 Å². The van der Waals surface area contributed by atoms with Crippen LogP contribution in [0, 0.1) is 0 Å². The molecule has 1 atom stereocenters. The lowest BCUT2D eigenvalue weighted by Crippen LogP contribution is -2.39. The third-order valence-electron chi connectivity index (χ3n) is 4.88. The van der Waals surface area contributed by atoms with Gasteiger partial charge in [-0.2, -0.15) is 4.98 Å². The number of carboxylic acid groups (broad SMARTS) is 1. The Kier molecular flexibility index (Phi) is 6.99. The minimum atomic E-state index is -1.03. The van der Waals surface area contributed by atoms with Gasteiger partial charge in [0, 0.05) is 45.5 Å². The zero-order valence-electron chi connectivity index (χ0n) is 15.9. The van der Waals surface area contributed by atoms with E-state index in [9.17, 15) is 14.7 Å². The lowest BCUT2D eigenvalue weighted by Gasteiger charge is -2.26. The van der Waals surface area contributed by atoms with Gasteiger partial charge in [0.05, 0.1) is 6.10 Å². The number of aliphatic hydroxyl groups is 1. The van der Waals surface area contributed by atoms with Crippen LogP contribution in [0.25, 0.3) is 0 Å². The van der Waals surface area contributed by atoms with Crippen LogP contribution in [0.1, 0.15) is 19.3 Å². The minimum Gasteiger partial charge on any atom is -0.480 e. The molecule has 2 fully saturated rings. The Morgan fingerprint density at radius 2 is 2.04 bits per heavy atom. The Balaban J connectivity index is 1.68. The van der Waals surface area contributed by atoms with Gasteiger partial charge in [-0.25, -0.2) is 4.98 Å². The molecule has 154 valence electrons. The molecule has 0 saturated carbocycles. The Morgan fingerprint density at radius 3 is 2.79 bits per heavy atom. The molecule has 3 heterocycles. The number of hydrogen-bond acceptors (Lipinski definition) is 8. The number of β-amino-alcohol motifs (C(OH)–C–C–N with tert-alkyl or cyclic N) is 1. The van der Waals surface area contributed by atoms with Crippen molar-refractivity contribution in [1.82, 2.24) is 14.9 Å². The van der Waals surface area contributed by atoms with Gasteiger partial charge in [-0.05, 0) is 25.3 Å². The van der Waals surface area contributed by atoms with Crippen molar-refractivity contribution in [2.45, 2.75) is 25.4 Å². The fraction of sp³-hybridized carbons (Fsp3) is 0.667. The Hall–Kier alpha value is -2.46. The molecule has 10 heteroatoms. The monoisotopic (exact) mass is 393 g/mol. The first-order chi connectivity index (χ1) is 13.5. The third kappa shape index (κ3) is 5.52. The largest absolute Gasteiger partial charge is 0.480 e. The van der Waals surface area contributed by atoms with Gasteiger partial charge in [0.1, 0.15) is 19.0 Å². The zero-order chi connectivity index (χ0) is 19.9. The van der Waals surface area contributed by atoms with Gasteiger partial charge in [0.2, 0.25) is 11.9 Å². The molecule has 0 bridgehead atoms. The van der Waals surface area contributed by atoms with E-state index in [2.05, 4.69) is 14.9 Å². The van der Waals surface area contributed by atoms with Crippen LogP contribution in [0.5, 0.6) is 0 Å². The van der Waals surface area contributed by atoms with Crippen LogP contribution in [0.3, 0.4) is 0 Å². The fourth-order valence-corrected chi connectivity index (χ4v) is 3.45. The number of amides is 1. The highest BCUT2D eigenvalue weighted by atomic mass is 16.5. The van der Waals surface area contributed by atoms with Crippen molar-refractivity contribution in [3.63, 3.8) is 0 Å². The molecular weight excluding hydrogens is 366 g/mol. The lowest BCUT2D eigenvalue weighted by atomic mass is 10.3. The topological polar surface area (TPSA) is 119 Å². The molecule has 0 spiro atoms. The molecule has 3 rings (SSSR count). The third-order valence-corrected chi connectivity index (χ3v) is 4.88. The van der Waals surface area contributed by atoms with Crippen molar-refractivity contribution in [2.24, 2.45) is 0 Å². The van der Waals surface area contributed by atoms with E-state index in [1.165, 1.54) is 4.90 Å². The molecule has 2 N–H and O–H groups in total. The molecular formula is C18H27N5O5. The van der Waals surface area contributed by atoms with Gasteiger partial charge < -0.3 is 29.6 Å². The van der Waals surface area contributed by atoms with E-state index in [0.717, 1.165) is 18.8 Å². The summed E-state index contributed by atoms with van der Waals surface area (Å²) in [5.74, 6) is 0.0464. The van der Waals surface area contributed by atoms with Gasteiger partial charge in [0.15, 0.2) is 0 Å².